The van der Waals surface area contributed by atoms with Crippen LogP contribution < -0.4 is 5.73 Å². The van der Waals surface area contributed by atoms with Gasteiger partial charge in [0.05, 0.1) is 0 Å². The molecule has 0 saturated carbocycles. The van der Waals surface area contributed by atoms with Crippen LogP contribution in [-0.2, 0) is 0 Å². The molecular formula is C6H11NS. The van der Waals surface area contributed by atoms with E-state index in [9.17, 15) is 0 Å². The Balaban J connectivity index is 3.66. The highest BCUT2D eigenvalue weighted by Crippen LogP contribution is 2.01. The highest BCUT2D eigenvalue weighted by molar-refractivity contribution is 8.01. The first-order valence-corrected chi connectivity index (χ1v) is 3.68. The molecule has 0 aromatic rings. The fourth-order valence-corrected chi connectivity index (χ4v) is 0.826. The standard InChI is InChI=1S/C6H11NS/c1-3-6(4-7)5-8-2/h3,5H,1,4,7H2,2H3/b6-5+. The van der Waals surface area contributed by atoms with E-state index in [4.69, 9.17) is 5.73 Å². The minimum atomic E-state index is 0.588. The van der Waals surface area contributed by atoms with E-state index in [2.05, 4.69) is 6.58 Å². The van der Waals surface area contributed by atoms with Gasteiger partial charge in [-0.05, 0) is 17.2 Å². The number of hydrogen-bond donors (Lipinski definition) is 1. The third kappa shape index (κ3) is 2.88. The number of rotatable bonds is 3. The van der Waals surface area contributed by atoms with Crippen molar-refractivity contribution in [3.05, 3.63) is 23.6 Å². The average Bonchev–Trinajstić information content (AvgIpc) is 1.83. The molecule has 1 nitrogen and oxygen atoms in total. The van der Waals surface area contributed by atoms with Crippen LogP contribution in [0.1, 0.15) is 0 Å². The SMILES string of the molecule is C=C/C(=C\SC)CN. The molecule has 2 heteroatoms. The van der Waals surface area contributed by atoms with Gasteiger partial charge in [0.25, 0.3) is 0 Å². The van der Waals surface area contributed by atoms with Gasteiger partial charge in [-0.25, -0.2) is 0 Å². The lowest BCUT2D eigenvalue weighted by atomic mass is 10.3. The highest BCUT2D eigenvalue weighted by Gasteiger charge is 1.81. The molecule has 0 saturated heterocycles. The van der Waals surface area contributed by atoms with Crippen molar-refractivity contribution < 1.29 is 0 Å². The van der Waals surface area contributed by atoms with Crippen molar-refractivity contribution >= 4 is 11.8 Å². The lowest BCUT2D eigenvalue weighted by Crippen LogP contribution is -1.99. The first-order valence-electron chi connectivity index (χ1n) is 2.39. The molecule has 0 aliphatic carbocycles. The van der Waals surface area contributed by atoms with Crippen molar-refractivity contribution in [2.24, 2.45) is 5.73 Å². The third-order valence-corrected chi connectivity index (χ3v) is 1.31. The van der Waals surface area contributed by atoms with E-state index in [1.54, 1.807) is 17.8 Å². The zero-order chi connectivity index (χ0) is 6.41. The molecule has 0 amide bonds. The van der Waals surface area contributed by atoms with E-state index in [-0.39, 0.29) is 0 Å². The summed E-state index contributed by atoms with van der Waals surface area (Å²) >= 11 is 1.65. The van der Waals surface area contributed by atoms with Gasteiger partial charge in [-0.2, -0.15) is 0 Å². The Labute approximate surface area is 54.6 Å². The normalized spacial score (nSPS) is 11.5. The molecule has 0 spiro atoms. The van der Waals surface area contributed by atoms with Gasteiger partial charge < -0.3 is 5.73 Å². The van der Waals surface area contributed by atoms with Crippen molar-refractivity contribution in [2.45, 2.75) is 0 Å². The molecule has 46 valence electrons. The van der Waals surface area contributed by atoms with E-state index >= 15 is 0 Å². The molecule has 0 heterocycles. The molecular weight excluding hydrogens is 118 g/mol. The smallest absolute Gasteiger partial charge is 0.0183 e. The van der Waals surface area contributed by atoms with Gasteiger partial charge in [-0.3, -0.25) is 0 Å². The van der Waals surface area contributed by atoms with E-state index in [1.165, 1.54) is 0 Å². The molecule has 0 unspecified atom stereocenters. The first-order chi connectivity index (χ1) is 3.85. The molecule has 0 aromatic carbocycles. The molecule has 8 heavy (non-hydrogen) atoms. The summed E-state index contributed by atoms with van der Waals surface area (Å²) in [4.78, 5) is 0. The summed E-state index contributed by atoms with van der Waals surface area (Å²) in [5.41, 5.74) is 6.41. The van der Waals surface area contributed by atoms with Crippen LogP contribution in [-0.4, -0.2) is 12.8 Å². The molecule has 0 fully saturated rings. The molecule has 0 rings (SSSR count). The summed E-state index contributed by atoms with van der Waals surface area (Å²) in [7, 11) is 0. The minimum Gasteiger partial charge on any atom is -0.326 e. The Kier molecular flexibility index (Phi) is 4.81. The Morgan fingerprint density at radius 1 is 1.88 bits per heavy atom. The van der Waals surface area contributed by atoms with Gasteiger partial charge >= 0.3 is 0 Å². The van der Waals surface area contributed by atoms with Crippen molar-refractivity contribution in [2.75, 3.05) is 12.8 Å². The van der Waals surface area contributed by atoms with Gasteiger partial charge in [-0.15, -0.1) is 11.8 Å². The van der Waals surface area contributed by atoms with Crippen LogP contribution in [0.2, 0.25) is 0 Å². The Hall–Kier alpha value is -0.210. The first kappa shape index (κ1) is 7.79. The zero-order valence-electron chi connectivity index (χ0n) is 5.05. The van der Waals surface area contributed by atoms with Crippen LogP contribution in [0.3, 0.4) is 0 Å². The summed E-state index contributed by atoms with van der Waals surface area (Å²) in [6.45, 7) is 4.18. The molecule has 0 atom stereocenters. The minimum absolute atomic E-state index is 0.588. The lowest BCUT2D eigenvalue weighted by molar-refractivity contribution is 1.20. The molecule has 0 bridgehead atoms. The van der Waals surface area contributed by atoms with Crippen LogP contribution in [0.5, 0.6) is 0 Å². The van der Waals surface area contributed by atoms with E-state index in [0.29, 0.717) is 6.54 Å². The average molecular weight is 129 g/mol. The van der Waals surface area contributed by atoms with E-state index in [1.807, 2.05) is 11.7 Å². The van der Waals surface area contributed by atoms with Crippen molar-refractivity contribution in [1.82, 2.24) is 0 Å². The summed E-state index contributed by atoms with van der Waals surface area (Å²) < 4.78 is 0. The summed E-state index contributed by atoms with van der Waals surface area (Å²) in [5.74, 6) is 0. The van der Waals surface area contributed by atoms with Crippen LogP contribution in [0.25, 0.3) is 0 Å². The summed E-state index contributed by atoms with van der Waals surface area (Å²) in [6.07, 6.45) is 3.77. The highest BCUT2D eigenvalue weighted by atomic mass is 32.2. The number of thioether (sulfide) groups is 1. The molecule has 0 aliphatic heterocycles. The Morgan fingerprint density at radius 2 is 2.50 bits per heavy atom. The molecule has 0 aromatic heterocycles. The van der Waals surface area contributed by atoms with Gasteiger partial charge in [0.1, 0.15) is 0 Å². The van der Waals surface area contributed by atoms with Gasteiger partial charge in [-0.1, -0.05) is 12.7 Å². The second-order valence-corrected chi connectivity index (χ2v) is 2.04. The molecule has 0 aliphatic rings. The Morgan fingerprint density at radius 3 is 2.62 bits per heavy atom. The van der Waals surface area contributed by atoms with Gasteiger partial charge in [0.2, 0.25) is 0 Å². The van der Waals surface area contributed by atoms with Crippen LogP contribution in [0, 0.1) is 0 Å². The molecule has 0 radical (unpaired) electrons. The fraction of sp³-hybridized carbons (Fsp3) is 0.333. The monoisotopic (exact) mass is 129 g/mol. The van der Waals surface area contributed by atoms with E-state index in [0.717, 1.165) is 5.57 Å². The van der Waals surface area contributed by atoms with E-state index < -0.39 is 0 Å². The van der Waals surface area contributed by atoms with Crippen molar-refractivity contribution in [3.8, 4) is 0 Å². The largest absolute Gasteiger partial charge is 0.326 e. The Bertz CT molecular complexity index is 96.7. The number of nitrogens with two attached hydrogens (primary N) is 1. The zero-order valence-corrected chi connectivity index (χ0v) is 5.87. The number of hydrogen-bond acceptors (Lipinski definition) is 2. The van der Waals surface area contributed by atoms with Crippen molar-refractivity contribution in [1.29, 1.82) is 0 Å². The maximum atomic E-state index is 5.32. The topological polar surface area (TPSA) is 26.0 Å². The van der Waals surface area contributed by atoms with Crippen molar-refractivity contribution in [3.63, 3.8) is 0 Å². The second-order valence-electron chi connectivity index (χ2n) is 1.34. The maximum absolute atomic E-state index is 5.32. The third-order valence-electron chi connectivity index (χ3n) is 0.767. The fourth-order valence-electron chi connectivity index (χ4n) is 0.331. The van der Waals surface area contributed by atoms with Gasteiger partial charge in [0.15, 0.2) is 0 Å². The van der Waals surface area contributed by atoms with Crippen LogP contribution in [0.15, 0.2) is 23.6 Å². The summed E-state index contributed by atoms with van der Waals surface area (Å²) in [5, 5.41) is 1.99. The summed E-state index contributed by atoms with van der Waals surface area (Å²) in [6, 6.07) is 0. The van der Waals surface area contributed by atoms with Crippen LogP contribution in [0.4, 0.5) is 0 Å². The van der Waals surface area contributed by atoms with Crippen LogP contribution >= 0.6 is 11.8 Å². The van der Waals surface area contributed by atoms with Gasteiger partial charge in [0, 0.05) is 6.54 Å². The predicted molar refractivity (Wildman–Crippen MR) is 40.8 cm³/mol. The maximum Gasteiger partial charge on any atom is 0.0183 e. The quantitative estimate of drug-likeness (QED) is 0.582. The second kappa shape index (κ2) is 4.94. The molecule has 2 N–H and O–H groups in total. The predicted octanol–water partition coefficient (Wildman–Crippen LogP) is 1.38. The lowest BCUT2D eigenvalue weighted by Gasteiger charge is -1.91.